The summed E-state index contributed by atoms with van der Waals surface area (Å²) in [7, 11) is 2.01. The SMILES string of the molecule is C=CN=C1c2ccc(-c3cn(CCOC4CCCCO4)c(C)n3)cc2OCCN1C. The molecule has 3 heterocycles. The Morgan fingerprint density at radius 3 is 3.03 bits per heavy atom. The summed E-state index contributed by atoms with van der Waals surface area (Å²) < 4.78 is 19.6. The van der Waals surface area contributed by atoms with Gasteiger partial charge in [-0.15, -0.1) is 0 Å². The molecule has 0 N–H and O–H groups in total. The molecule has 7 nitrogen and oxygen atoms in total. The van der Waals surface area contributed by atoms with E-state index in [9.17, 15) is 0 Å². The third kappa shape index (κ3) is 4.57. The second-order valence-electron chi connectivity index (χ2n) is 7.65. The summed E-state index contributed by atoms with van der Waals surface area (Å²) in [6, 6.07) is 6.16. The molecule has 0 saturated carbocycles. The van der Waals surface area contributed by atoms with Crippen molar-refractivity contribution in [1.29, 1.82) is 0 Å². The summed E-state index contributed by atoms with van der Waals surface area (Å²) in [5, 5.41) is 0. The Hall–Kier alpha value is -2.64. The lowest BCUT2D eigenvalue weighted by Crippen LogP contribution is -2.28. The van der Waals surface area contributed by atoms with Crippen LogP contribution in [-0.4, -0.2) is 60.0 Å². The Bertz CT molecular complexity index is 915. The van der Waals surface area contributed by atoms with E-state index >= 15 is 0 Å². The van der Waals surface area contributed by atoms with Gasteiger partial charge in [-0.2, -0.15) is 0 Å². The van der Waals surface area contributed by atoms with Crippen LogP contribution < -0.4 is 4.74 Å². The van der Waals surface area contributed by atoms with Crippen molar-refractivity contribution in [3.05, 3.63) is 48.6 Å². The quantitative estimate of drug-likeness (QED) is 0.728. The number of likely N-dealkylation sites (N-methyl/N-ethyl adjacent to an activating group) is 1. The number of hydrogen-bond donors (Lipinski definition) is 0. The number of amidine groups is 1. The van der Waals surface area contributed by atoms with Gasteiger partial charge in [-0.3, -0.25) is 0 Å². The summed E-state index contributed by atoms with van der Waals surface area (Å²) >= 11 is 0. The number of nitrogens with zero attached hydrogens (tertiary/aromatic N) is 4. The lowest BCUT2D eigenvalue weighted by atomic mass is 10.1. The molecule has 0 radical (unpaired) electrons. The fourth-order valence-electron chi connectivity index (χ4n) is 3.84. The van der Waals surface area contributed by atoms with Crippen molar-refractivity contribution in [2.45, 2.75) is 39.0 Å². The fraction of sp³-hybridized carbons (Fsp3) is 0.478. The van der Waals surface area contributed by atoms with Crippen molar-refractivity contribution >= 4 is 5.84 Å². The van der Waals surface area contributed by atoms with Gasteiger partial charge in [0.15, 0.2) is 6.29 Å². The summed E-state index contributed by atoms with van der Waals surface area (Å²) in [5.74, 6) is 2.65. The van der Waals surface area contributed by atoms with Gasteiger partial charge in [0.05, 0.1) is 24.4 Å². The standard InChI is InChI=1S/C23H30N4O3/c1-4-24-23-19-9-8-18(15-21(19)28-13-10-26(23)3)20-16-27(17(2)25-20)11-14-30-22-7-5-6-12-29-22/h4,8-9,15-16,22H,1,5-7,10-14H2,2-3H3. The van der Waals surface area contributed by atoms with E-state index in [0.717, 1.165) is 66.8 Å². The molecule has 4 rings (SSSR count). The zero-order chi connectivity index (χ0) is 20.9. The summed E-state index contributed by atoms with van der Waals surface area (Å²) in [4.78, 5) is 11.3. The van der Waals surface area contributed by atoms with E-state index in [-0.39, 0.29) is 6.29 Å². The van der Waals surface area contributed by atoms with Crippen molar-refractivity contribution in [3.63, 3.8) is 0 Å². The van der Waals surface area contributed by atoms with E-state index in [1.807, 2.05) is 26.1 Å². The maximum atomic E-state index is 6.00. The molecule has 2 aliphatic rings. The second kappa shape index (κ2) is 9.45. The molecule has 1 unspecified atom stereocenters. The van der Waals surface area contributed by atoms with E-state index < -0.39 is 0 Å². The van der Waals surface area contributed by atoms with E-state index in [1.165, 1.54) is 6.42 Å². The van der Waals surface area contributed by atoms with Crippen LogP contribution in [0, 0.1) is 6.92 Å². The first-order valence-electron chi connectivity index (χ1n) is 10.6. The van der Waals surface area contributed by atoms with Gasteiger partial charge < -0.3 is 23.7 Å². The monoisotopic (exact) mass is 410 g/mol. The Morgan fingerprint density at radius 1 is 1.33 bits per heavy atom. The number of ether oxygens (including phenoxy) is 3. The molecule has 1 atom stereocenters. The minimum atomic E-state index is -0.0617. The molecular formula is C23H30N4O3. The molecule has 0 aliphatic carbocycles. The predicted molar refractivity (Wildman–Crippen MR) is 117 cm³/mol. The van der Waals surface area contributed by atoms with Gasteiger partial charge in [0.25, 0.3) is 0 Å². The molecule has 2 aliphatic heterocycles. The first kappa shape index (κ1) is 20.6. The first-order chi connectivity index (χ1) is 14.7. The number of imidazole rings is 1. The smallest absolute Gasteiger partial charge is 0.157 e. The van der Waals surface area contributed by atoms with Gasteiger partial charge in [0, 0.05) is 38.2 Å². The van der Waals surface area contributed by atoms with E-state index in [4.69, 9.17) is 19.2 Å². The van der Waals surface area contributed by atoms with Crippen LogP contribution in [0.5, 0.6) is 5.75 Å². The normalized spacial score (nSPS) is 20.5. The van der Waals surface area contributed by atoms with Gasteiger partial charge in [0.2, 0.25) is 0 Å². The van der Waals surface area contributed by atoms with Crippen molar-refractivity contribution < 1.29 is 14.2 Å². The van der Waals surface area contributed by atoms with Crippen LogP contribution in [-0.2, 0) is 16.0 Å². The first-order valence-corrected chi connectivity index (χ1v) is 10.6. The minimum absolute atomic E-state index is 0.0617. The number of aliphatic imine (C=N–C) groups is 1. The number of hydrogen-bond acceptors (Lipinski definition) is 5. The predicted octanol–water partition coefficient (Wildman–Crippen LogP) is 3.62. The number of aromatic nitrogens is 2. The summed E-state index contributed by atoms with van der Waals surface area (Å²) in [5.41, 5.74) is 2.91. The third-order valence-electron chi connectivity index (χ3n) is 5.53. The number of fused-ring (bicyclic) bond motifs is 1. The summed E-state index contributed by atoms with van der Waals surface area (Å²) in [6.45, 7) is 9.30. The van der Waals surface area contributed by atoms with Crippen molar-refractivity contribution in [3.8, 4) is 17.0 Å². The highest BCUT2D eigenvalue weighted by Gasteiger charge is 2.20. The van der Waals surface area contributed by atoms with Crippen LogP contribution in [0.4, 0.5) is 0 Å². The molecule has 1 aromatic heterocycles. The number of benzene rings is 1. The third-order valence-corrected chi connectivity index (χ3v) is 5.53. The largest absolute Gasteiger partial charge is 0.491 e. The van der Waals surface area contributed by atoms with Crippen molar-refractivity contribution in [1.82, 2.24) is 14.5 Å². The van der Waals surface area contributed by atoms with Crippen LogP contribution in [0.2, 0.25) is 0 Å². The lowest BCUT2D eigenvalue weighted by molar-refractivity contribution is -0.163. The van der Waals surface area contributed by atoms with Crippen molar-refractivity contribution in [2.75, 3.05) is 33.4 Å². The molecule has 30 heavy (non-hydrogen) atoms. The molecule has 7 heteroatoms. The maximum absolute atomic E-state index is 6.00. The van der Waals surface area contributed by atoms with Crippen LogP contribution in [0.3, 0.4) is 0 Å². The number of aryl methyl sites for hydroxylation is 1. The van der Waals surface area contributed by atoms with Crippen LogP contribution >= 0.6 is 0 Å². The Kier molecular flexibility index (Phi) is 6.50. The average molecular weight is 411 g/mol. The van der Waals surface area contributed by atoms with Gasteiger partial charge in [-0.05, 0) is 38.3 Å². The molecule has 1 fully saturated rings. The summed E-state index contributed by atoms with van der Waals surface area (Å²) in [6.07, 6.45) is 6.87. The van der Waals surface area contributed by atoms with E-state index in [0.29, 0.717) is 13.2 Å². The van der Waals surface area contributed by atoms with Crippen LogP contribution in [0.1, 0.15) is 30.7 Å². The highest BCUT2D eigenvalue weighted by Crippen LogP contribution is 2.29. The van der Waals surface area contributed by atoms with Gasteiger partial charge in [-0.1, -0.05) is 12.6 Å². The molecule has 1 saturated heterocycles. The Balaban J connectivity index is 1.49. The molecule has 0 bridgehead atoms. The molecular weight excluding hydrogens is 380 g/mol. The second-order valence-corrected chi connectivity index (χ2v) is 7.65. The molecule has 160 valence electrons. The van der Waals surface area contributed by atoms with Crippen LogP contribution in [0.15, 0.2) is 42.2 Å². The Labute approximate surface area is 178 Å². The van der Waals surface area contributed by atoms with E-state index in [2.05, 4.69) is 33.3 Å². The lowest BCUT2D eigenvalue weighted by Gasteiger charge is -2.22. The Morgan fingerprint density at radius 2 is 2.23 bits per heavy atom. The molecule has 0 amide bonds. The van der Waals surface area contributed by atoms with Gasteiger partial charge >= 0.3 is 0 Å². The molecule has 1 aromatic carbocycles. The minimum Gasteiger partial charge on any atom is -0.491 e. The average Bonchev–Trinajstić information content (AvgIpc) is 3.05. The maximum Gasteiger partial charge on any atom is 0.157 e. The van der Waals surface area contributed by atoms with Gasteiger partial charge in [-0.25, -0.2) is 9.98 Å². The van der Waals surface area contributed by atoms with Gasteiger partial charge in [0.1, 0.15) is 24.0 Å². The number of rotatable bonds is 6. The zero-order valence-corrected chi connectivity index (χ0v) is 17.8. The molecule has 2 aromatic rings. The van der Waals surface area contributed by atoms with Crippen LogP contribution in [0.25, 0.3) is 11.3 Å². The fourth-order valence-corrected chi connectivity index (χ4v) is 3.84. The topological polar surface area (TPSA) is 61.1 Å². The highest BCUT2D eigenvalue weighted by atomic mass is 16.7. The van der Waals surface area contributed by atoms with Crippen molar-refractivity contribution in [2.24, 2.45) is 4.99 Å². The van der Waals surface area contributed by atoms with E-state index in [1.54, 1.807) is 6.20 Å². The zero-order valence-electron chi connectivity index (χ0n) is 17.8. The highest BCUT2D eigenvalue weighted by molar-refractivity contribution is 6.02. The molecule has 0 spiro atoms.